The third kappa shape index (κ3) is 5.19. The van der Waals surface area contributed by atoms with E-state index in [4.69, 9.17) is 0 Å². The van der Waals surface area contributed by atoms with Crippen molar-refractivity contribution in [3.8, 4) is 0 Å². The Morgan fingerprint density at radius 1 is 1.00 bits per heavy atom. The van der Waals surface area contributed by atoms with Gasteiger partial charge in [-0.15, -0.1) is 0 Å². The van der Waals surface area contributed by atoms with Gasteiger partial charge in [0.25, 0.3) is 0 Å². The molecule has 0 bridgehead atoms. The van der Waals surface area contributed by atoms with Gasteiger partial charge in [0.1, 0.15) is 12.2 Å². The Hall–Kier alpha value is -0.183. The average Bonchev–Trinajstić information content (AvgIpc) is 2.55. The Morgan fingerprint density at radius 3 is 2.19 bits per heavy atom. The zero-order chi connectivity index (χ0) is 15.1. The van der Waals surface area contributed by atoms with E-state index in [1.807, 2.05) is 0 Å². The molecule has 0 nitrogen and oxygen atoms in total. The van der Waals surface area contributed by atoms with Gasteiger partial charge in [-0.2, -0.15) is 0 Å². The maximum absolute atomic E-state index is 13.3. The van der Waals surface area contributed by atoms with Gasteiger partial charge in [0.15, 0.2) is 0 Å². The fourth-order valence-corrected chi connectivity index (χ4v) is 8.12. The molecule has 1 saturated heterocycles. The van der Waals surface area contributed by atoms with E-state index in [2.05, 4.69) is 6.92 Å². The van der Waals surface area contributed by atoms with E-state index >= 15 is 0 Å². The molecular formula is C18H32F2Si. The normalized spacial score (nSPS) is 34.9. The van der Waals surface area contributed by atoms with E-state index in [-0.39, 0.29) is 12.2 Å². The summed E-state index contributed by atoms with van der Waals surface area (Å²) in [6, 6.07) is 4.67. The molecule has 0 unspecified atom stereocenters. The second-order valence-electron chi connectivity index (χ2n) is 7.38. The van der Waals surface area contributed by atoms with E-state index in [0.29, 0.717) is 0 Å². The Labute approximate surface area is 131 Å². The van der Waals surface area contributed by atoms with Gasteiger partial charge >= 0.3 is 0 Å². The quantitative estimate of drug-likeness (QED) is 0.393. The predicted octanol–water partition coefficient (Wildman–Crippen LogP) is 6.40. The fraction of sp³-hybridized carbons (Fsp3) is 0.889. The molecular weight excluding hydrogens is 282 g/mol. The first-order valence-corrected chi connectivity index (χ1v) is 11.6. The van der Waals surface area contributed by atoms with Gasteiger partial charge in [-0.25, -0.2) is 8.78 Å². The Bertz CT molecular complexity index is 313. The first kappa shape index (κ1) is 17.2. The molecule has 0 amide bonds. The summed E-state index contributed by atoms with van der Waals surface area (Å²) in [5, 5.41) is 0. The van der Waals surface area contributed by atoms with E-state index in [9.17, 15) is 8.78 Å². The number of rotatable bonds is 6. The Morgan fingerprint density at radius 2 is 1.62 bits per heavy atom. The van der Waals surface area contributed by atoms with Crippen LogP contribution in [0.1, 0.15) is 64.7 Å². The second kappa shape index (κ2) is 9.07. The maximum atomic E-state index is 13.3. The molecule has 21 heavy (non-hydrogen) atoms. The summed E-state index contributed by atoms with van der Waals surface area (Å²) in [5.41, 5.74) is 0. The molecule has 1 aliphatic carbocycles. The smallest absolute Gasteiger partial charge is 0.131 e. The highest BCUT2D eigenvalue weighted by Gasteiger charge is 2.32. The number of unbranched alkanes of at least 4 members (excludes halogenated alkanes) is 2. The lowest BCUT2D eigenvalue weighted by molar-refractivity contribution is 0.192. The summed E-state index contributed by atoms with van der Waals surface area (Å²) in [6.07, 6.45) is 11.3. The van der Waals surface area contributed by atoms with Crippen molar-refractivity contribution < 1.29 is 8.78 Å². The molecule has 122 valence electrons. The lowest BCUT2D eigenvalue weighted by atomic mass is 9.73. The topological polar surface area (TPSA) is 0 Å². The zero-order valence-corrected chi connectivity index (χ0v) is 14.8. The van der Waals surface area contributed by atoms with Gasteiger partial charge in [-0.05, 0) is 37.5 Å². The third-order valence-corrected chi connectivity index (χ3v) is 9.56. The van der Waals surface area contributed by atoms with Gasteiger partial charge < -0.3 is 0 Å². The molecule has 1 heterocycles. The highest BCUT2D eigenvalue weighted by molar-refractivity contribution is 6.58. The minimum atomic E-state index is -0.513. The van der Waals surface area contributed by atoms with Crippen molar-refractivity contribution in [1.82, 2.24) is 0 Å². The van der Waals surface area contributed by atoms with Crippen LogP contribution in [-0.2, 0) is 0 Å². The third-order valence-electron chi connectivity index (χ3n) is 6.04. The van der Waals surface area contributed by atoms with Crippen LogP contribution in [0.25, 0.3) is 0 Å². The molecule has 0 spiro atoms. The molecule has 2 rings (SSSR count). The lowest BCUT2D eigenvalue weighted by Crippen LogP contribution is -2.28. The van der Waals surface area contributed by atoms with Crippen molar-refractivity contribution in [1.29, 1.82) is 0 Å². The molecule has 2 aliphatic rings. The van der Waals surface area contributed by atoms with Crippen LogP contribution >= 0.6 is 0 Å². The van der Waals surface area contributed by atoms with Crippen molar-refractivity contribution in [3.05, 3.63) is 12.2 Å². The number of allylic oxidation sites excluding steroid dienone is 1. The van der Waals surface area contributed by atoms with Crippen molar-refractivity contribution >= 4 is 8.80 Å². The van der Waals surface area contributed by atoms with Gasteiger partial charge in [0.05, 0.1) is 0 Å². The second-order valence-corrected chi connectivity index (χ2v) is 10.8. The van der Waals surface area contributed by atoms with E-state index in [1.54, 1.807) is 18.1 Å². The van der Waals surface area contributed by atoms with Gasteiger partial charge in [0, 0.05) is 14.7 Å². The summed E-state index contributed by atoms with van der Waals surface area (Å²) in [4.78, 5) is 0. The number of hydrogen-bond acceptors (Lipinski definition) is 0. The van der Waals surface area contributed by atoms with Crippen LogP contribution in [0, 0.1) is 17.8 Å². The lowest BCUT2D eigenvalue weighted by Gasteiger charge is -2.37. The highest BCUT2D eigenvalue weighted by Crippen LogP contribution is 2.42. The molecule has 0 radical (unpaired) electrons. The largest absolute Gasteiger partial charge is 0.213 e. The molecule has 0 aromatic heterocycles. The van der Waals surface area contributed by atoms with Crippen LogP contribution in [0.2, 0.25) is 18.1 Å². The Kier molecular flexibility index (Phi) is 7.42. The van der Waals surface area contributed by atoms with Crippen molar-refractivity contribution in [2.24, 2.45) is 17.8 Å². The minimum Gasteiger partial charge on any atom is -0.213 e. The molecule has 0 atom stereocenters. The molecule has 1 saturated carbocycles. The summed E-state index contributed by atoms with van der Waals surface area (Å²) in [6.45, 7) is 2.29. The molecule has 0 aromatic carbocycles. The van der Waals surface area contributed by atoms with Crippen LogP contribution in [0.3, 0.4) is 0 Å². The van der Waals surface area contributed by atoms with Crippen molar-refractivity contribution in [2.45, 2.75) is 82.8 Å². The van der Waals surface area contributed by atoms with Crippen LogP contribution in [-0.4, -0.2) is 8.80 Å². The van der Waals surface area contributed by atoms with Gasteiger partial charge in [-0.3, -0.25) is 0 Å². The van der Waals surface area contributed by atoms with Crippen molar-refractivity contribution in [2.75, 3.05) is 0 Å². The van der Waals surface area contributed by atoms with Gasteiger partial charge in [0.2, 0.25) is 0 Å². The minimum absolute atomic E-state index is 0.119. The SMILES string of the molecule is CCCCC[SiH]1CCC(C2CCC(/C(F)=C\F)CC2)CC1. The number of hydrogen-bond donors (Lipinski definition) is 0. The standard InChI is InChI=1S/C18H32F2Si/c1-2-3-4-11-21-12-9-16(10-13-21)15-5-7-17(8-6-15)18(20)14-19/h14-17,21H,2-13H2,1H3/b18-14+. The van der Waals surface area contributed by atoms with E-state index in [0.717, 1.165) is 37.5 Å². The first-order chi connectivity index (χ1) is 10.2. The molecule has 0 aromatic rings. The highest BCUT2D eigenvalue weighted by atomic mass is 28.3. The summed E-state index contributed by atoms with van der Waals surface area (Å²) < 4.78 is 25.5. The Balaban J connectivity index is 1.67. The molecule has 3 heteroatoms. The monoisotopic (exact) mass is 314 g/mol. The van der Waals surface area contributed by atoms with E-state index < -0.39 is 14.6 Å². The summed E-state index contributed by atoms with van der Waals surface area (Å²) in [5.74, 6) is 1.07. The van der Waals surface area contributed by atoms with Crippen LogP contribution in [0.5, 0.6) is 0 Å². The maximum Gasteiger partial charge on any atom is 0.131 e. The van der Waals surface area contributed by atoms with Crippen LogP contribution < -0.4 is 0 Å². The average molecular weight is 315 g/mol. The number of halogens is 2. The first-order valence-electron chi connectivity index (χ1n) is 9.20. The summed E-state index contributed by atoms with van der Waals surface area (Å²) in [7, 11) is -0.403. The van der Waals surface area contributed by atoms with E-state index in [1.165, 1.54) is 32.1 Å². The molecule has 0 N–H and O–H groups in total. The van der Waals surface area contributed by atoms with Gasteiger partial charge in [-0.1, -0.05) is 57.2 Å². The van der Waals surface area contributed by atoms with Crippen LogP contribution in [0.4, 0.5) is 8.78 Å². The zero-order valence-electron chi connectivity index (χ0n) is 13.6. The summed E-state index contributed by atoms with van der Waals surface area (Å²) >= 11 is 0. The molecule has 1 aliphatic heterocycles. The fourth-order valence-electron chi connectivity index (χ4n) is 4.59. The van der Waals surface area contributed by atoms with Crippen LogP contribution in [0.15, 0.2) is 12.2 Å². The van der Waals surface area contributed by atoms with Crippen molar-refractivity contribution in [3.63, 3.8) is 0 Å². The predicted molar refractivity (Wildman–Crippen MR) is 89.6 cm³/mol. The molecule has 2 fully saturated rings.